The standard InChI is InChI=1S/C21H22ClFN2O3/c1-14(28-19-8-4-16(22)5-9-19)20(26)24-18-10-12-25(13-11-18)21(27)15-2-6-17(23)7-3-15/h2-9,14,18H,10-13H2,1H3,(H,24,26). The summed E-state index contributed by atoms with van der Waals surface area (Å²) in [5, 5.41) is 3.58. The number of rotatable bonds is 5. The monoisotopic (exact) mass is 404 g/mol. The van der Waals surface area contributed by atoms with Gasteiger partial charge in [0.1, 0.15) is 11.6 Å². The van der Waals surface area contributed by atoms with E-state index in [0.29, 0.717) is 42.3 Å². The van der Waals surface area contributed by atoms with Crippen LogP contribution in [0.25, 0.3) is 0 Å². The molecule has 148 valence electrons. The number of hydrogen-bond acceptors (Lipinski definition) is 3. The van der Waals surface area contributed by atoms with Crippen LogP contribution >= 0.6 is 11.6 Å². The Hall–Kier alpha value is -2.60. The van der Waals surface area contributed by atoms with Crippen LogP contribution in [0.15, 0.2) is 48.5 Å². The number of carbonyl (C=O) groups excluding carboxylic acids is 2. The minimum Gasteiger partial charge on any atom is -0.481 e. The van der Waals surface area contributed by atoms with Crippen LogP contribution in [-0.4, -0.2) is 41.9 Å². The molecule has 1 N–H and O–H groups in total. The molecule has 1 fully saturated rings. The summed E-state index contributed by atoms with van der Waals surface area (Å²) >= 11 is 5.84. The van der Waals surface area contributed by atoms with Gasteiger partial charge in [-0.05, 0) is 68.3 Å². The van der Waals surface area contributed by atoms with Gasteiger partial charge in [0.15, 0.2) is 6.10 Å². The number of nitrogens with one attached hydrogen (secondary N) is 1. The molecule has 2 aromatic rings. The fourth-order valence-corrected chi connectivity index (χ4v) is 3.22. The molecule has 28 heavy (non-hydrogen) atoms. The average molecular weight is 405 g/mol. The van der Waals surface area contributed by atoms with Crippen molar-refractivity contribution in [1.82, 2.24) is 10.2 Å². The van der Waals surface area contributed by atoms with E-state index in [2.05, 4.69) is 5.32 Å². The zero-order valence-corrected chi connectivity index (χ0v) is 16.3. The van der Waals surface area contributed by atoms with Gasteiger partial charge in [-0.2, -0.15) is 0 Å². The molecule has 1 unspecified atom stereocenters. The van der Waals surface area contributed by atoms with E-state index in [1.165, 1.54) is 24.3 Å². The summed E-state index contributed by atoms with van der Waals surface area (Å²) in [4.78, 5) is 26.6. The Bertz CT molecular complexity index is 819. The normalized spacial score (nSPS) is 15.8. The second kappa shape index (κ2) is 9.06. The van der Waals surface area contributed by atoms with E-state index in [0.717, 1.165) is 0 Å². The number of ether oxygens (including phenoxy) is 1. The quantitative estimate of drug-likeness (QED) is 0.827. The van der Waals surface area contributed by atoms with Gasteiger partial charge in [-0.3, -0.25) is 9.59 Å². The third kappa shape index (κ3) is 5.23. The Morgan fingerprint density at radius 2 is 1.71 bits per heavy atom. The SMILES string of the molecule is CC(Oc1ccc(Cl)cc1)C(=O)NC1CCN(C(=O)c2ccc(F)cc2)CC1. The zero-order chi connectivity index (χ0) is 20.1. The van der Waals surface area contributed by atoms with E-state index < -0.39 is 6.10 Å². The van der Waals surface area contributed by atoms with Crippen LogP contribution < -0.4 is 10.1 Å². The second-order valence-electron chi connectivity index (χ2n) is 6.80. The summed E-state index contributed by atoms with van der Waals surface area (Å²) < 4.78 is 18.6. The minimum absolute atomic E-state index is 0.0129. The first-order valence-corrected chi connectivity index (χ1v) is 9.57. The number of amides is 2. The van der Waals surface area contributed by atoms with Crippen molar-refractivity contribution in [3.8, 4) is 5.75 Å². The summed E-state index contributed by atoms with van der Waals surface area (Å²) in [6.07, 6.45) is 0.679. The summed E-state index contributed by atoms with van der Waals surface area (Å²) in [6, 6.07) is 12.4. The molecule has 1 aliphatic rings. The molecule has 3 rings (SSSR count). The van der Waals surface area contributed by atoms with Crippen LogP contribution in [0.1, 0.15) is 30.1 Å². The highest BCUT2D eigenvalue weighted by Gasteiger charge is 2.26. The van der Waals surface area contributed by atoms with Crippen molar-refractivity contribution in [3.05, 3.63) is 64.9 Å². The molecule has 1 atom stereocenters. The maximum Gasteiger partial charge on any atom is 0.260 e. The van der Waals surface area contributed by atoms with Gasteiger partial charge in [-0.1, -0.05) is 11.6 Å². The lowest BCUT2D eigenvalue weighted by molar-refractivity contribution is -0.128. The fourth-order valence-electron chi connectivity index (χ4n) is 3.09. The molecule has 0 saturated carbocycles. The van der Waals surface area contributed by atoms with Crippen molar-refractivity contribution in [3.63, 3.8) is 0 Å². The molecule has 2 amide bonds. The second-order valence-corrected chi connectivity index (χ2v) is 7.23. The summed E-state index contributed by atoms with van der Waals surface area (Å²) in [6.45, 7) is 2.76. The predicted molar refractivity (Wildman–Crippen MR) is 105 cm³/mol. The Morgan fingerprint density at radius 3 is 2.32 bits per heavy atom. The van der Waals surface area contributed by atoms with E-state index in [9.17, 15) is 14.0 Å². The lowest BCUT2D eigenvalue weighted by atomic mass is 10.0. The average Bonchev–Trinajstić information content (AvgIpc) is 2.70. The molecule has 0 bridgehead atoms. The Morgan fingerprint density at radius 1 is 1.11 bits per heavy atom. The fraction of sp³-hybridized carbons (Fsp3) is 0.333. The van der Waals surface area contributed by atoms with Crippen molar-refractivity contribution in [2.24, 2.45) is 0 Å². The van der Waals surface area contributed by atoms with E-state index in [-0.39, 0.29) is 23.7 Å². The maximum absolute atomic E-state index is 13.0. The van der Waals surface area contributed by atoms with Crippen molar-refractivity contribution >= 4 is 23.4 Å². The number of nitrogens with zero attached hydrogens (tertiary/aromatic N) is 1. The van der Waals surface area contributed by atoms with E-state index in [4.69, 9.17) is 16.3 Å². The molecule has 1 saturated heterocycles. The Labute approximate surface area is 168 Å². The van der Waals surface area contributed by atoms with E-state index in [1.807, 2.05) is 0 Å². The molecule has 0 aliphatic carbocycles. The number of halogens is 2. The lowest BCUT2D eigenvalue weighted by Crippen LogP contribution is -2.49. The highest BCUT2D eigenvalue weighted by Crippen LogP contribution is 2.18. The first kappa shape index (κ1) is 20.1. The van der Waals surface area contributed by atoms with Crippen LogP contribution in [-0.2, 0) is 4.79 Å². The number of piperidine rings is 1. The number of benzene rings is 2. The van der Waals surface area contributed by atoms with Crippen molar-refractivity contribution < 1.29 is 18.7 Å². The highest BCUT2D eigenvalue weighted by atomic mass is 35.5. The zero-order valence-electron chi connectivity index (χ0n) is 15.5. The molecule has 2 aromatic carbocycles. The molecule has 1 heterocycles. The van der Waals surface area contributed by atoms with Gasteiger partial charge in [-0.15, -0.1) is 0 Å². The smallest absolute Gasteiger partial charge is 0.260 e. The minimum atomic E-state index is -0.639. The van der Waals surface area contributed by atoms with Crippen LogP contribution in [0.3, 0.4) is 0 Å². The Kier molecular flexibility index (Phi) is 6.52. The number of hydrogen-bond donors (Lipinski definition) is 1. The van der Waals surface area contributed by atoms with Crippen LogP contribution in [0.5, 0.6) is 5.75 Å². The molecule has 7 heteroatoms. The van der Waals surface area contributed by atoms with Gasteiger partial charge in [0.2, 0.25) is 0 Å². The maximum atomic E-state index is 13.0. The summed E-state index contributed by atoms with van der Waals surface area (Å²) in [5.74, 6) is -0.109. The van der Waals surface area contributed by atoms with Crippen LogP contribution in [0, 0.1) is 5.82 Å². The van der Waals surface area contributed by atoms with Gasteiger partial charge < -0.3 is 15.0 Å². The molecule has 0 aromatic heterocycles. The molecule has 1 aliphatic heterocycles. The molecule has 0 spiro atoms. The van der Waals surface area contributed by atoms with E-state index >= 15 is 0 Å². The van der Waals surface area contributed by atoms with Crippen molar-refractivity contribution in [1.29, 1.82) is 0 Å². The molecule has 0 radical (unpaired) electrons. The largest absolute Gasteiger partial charge is 0.481 e. The Balaban J connectivity index is 1.46. The molecule has 5 nitrogen and oxygen atoms in total. The van der Waals surface area contributed by atoms with Gasteiger partial charge in [0.05, 0.1) is 0 Å². The van der Waals surface area contributed by atoms with Gasteiger partial charge in [0.25, 0.3) is 11.8 Å². The predicted octanol–water partition coefficient (Wildman–Crippen LogP) is 3.67. The third-order valence-corrected chi connectivity index (χ3v) is 4.97. The summed E-state index contributed by atoms with van der Waals surface area (Å²) in [5.41, 5.74) is 0.467. The van der Waals surface area contributed by atoms with E-state index in [1.54, 1.807) is 36.1 Å². The topological polar surface area (TPSA) is 58.6 Å². The van der Waals surface area contributed by atoms with Crippen molar-refractivity contribution in [2.75, 3.05) is 13.1 Å². The van der Waals surface area contributed by atoms with Gasteiger partial charge >= 0.3 is 0 Å². The number of likely N-dealkylation sites (tertiary alicyclic amines) is 1. The van der Waals surface area contributed by atoms with Gasteiger partial charge in [0, 0.05) is 29.7 Å². The highest BCUT2D eigenvalue weighted by molar-refractivity contribution is 6.30. The third-order valence-electron chi connectivity index (χ3n) is 4.72. The molecular weight excluding hydrogens is 383 g/mol. The first-order chi connectivity index (χ1) is 13.4. The van der Waals surface area contributed by atoms with Crippen LogP contribution in [0.4, 0.5) is 4.39 Å². The summed E-state index contributed by atoms with van der Waals surface area (Å²) in [7, 11) is 0. The number of carbonyl (C=O) groups is 2. The lowest BCUT2D eigenvalue weighted by Gasteiger charge is -2.33. The van der Waals surface area contributed by atoms with Crippen molar-refractivity contribution in [2.45, 2.75) is 31.9 Å². The van der Waals surface area contributed by atoms with Crippen LogP contribution in [0.2, 0.25) is 5.02 Å². The first-order valence-electron chi connectivity index (χ1n) is 9.20. The van der Waals surface area contributed by atoms with Gasteiger partial charge in [-0.25, -0.2) is 4.39 Å². The molecular formula is C21H22ClFN2O3.